The summed E-state index contributed by atoms with van der Waals surface area (Å²) in [7, 11) is 3.28. The van der Waals surface area contributed by atoms with E-state index in [-0.39, 0.29) is 5.54 Å². The molecule has 2 heterocycles. The Morgan fingerprint density at radius 2 is 1.78 bits per heavy atom. The molecule has 0 bridgehead atoms. The van der Waals surface area contributed by atoms with Gasteiger partial charge < -0.3 is 14.8 Å². The Kier molecular flexibility index (Phi) is 4.28. The molecule has 0 amide bonds. The number of fused-ring (bicyclic) bond motifs is 3. The largest absolute Gasteiger partial charge is 0.493 e. The molecule has 0 atom stereocenters. The van der Waals surface area contributed by atoms with Gasteiger partial charge in [0, 0.05) is 22.9 Å². The van der Waals surface area contributed by atoms with Crippen LogP contribution in [-0.4, -0.2) is 18.2 Å². The molecule has 0 saturated carbocycles. The first-order chi connectivity index (χ1) is 12.9. The van der Waals surface area contributed by atoms with Crippen LogP contribution in [0.3, 0.4) is 0 Å². The number of rotatable bonds is 3. The van der Waals surface area contributed by atoms with Crippen LogP contribution in [-0.2, 0) is 5.54 Å². The van der Waals surface area contributed by atoms with Crippen molar-refractivity contribution >= 4 is 29.4 Å². The van der Waals surface area contributed by atoms with Crippen molar-refractivity contribution in [3.8, 4) is 28.3 Å². The van der Waals surface area contributed by atoms with Crippen LogP contribution in [0.5, 0.6) is 11.5 Å². The van der Waals surface area contributed by atoms with E-state index in [0.29, 0.717) is 11.5 Å². The van der Waals surface area contributed by atoms with E-state index in [2.05, 4.69) is 48.2 Å². The van der Waals surface area contributed by atoms with Gasteiger partial charge in [0.25, 0.3) is 0 Å². The van der Waals surface area contributed by atoms with Gasteiger partial charge in [0.1, 0.15) is 4.64 Å². The van der Waals surface area contributed by atoms with Crippen LogP contribution in [0.1, 0.15) is 24.3 Å². The minimum atomic E-state index is -0.197. The third kappa shape index (κ3) is 2.84. The lowest BCUT2D eigenvalue weighted by Crippen LogP contribution is -2.30. The number of nitrogens with one attached hydrogen (secondary N) is 1. The molecule has 1 aliphatic rings. The van der Waals surface area contributed by atoms with Gasteiger partial charge in [-0.25, -0.2) is 0 Å². The highest BCUT2D eigenvalue weighted by Crippen LogP contribution is 2.48. The quantitative estimate of drug-likeness (QED) is 0.555. The molecule has 0 aliphatic carbocycles. The molecule has 1 N–H and O–H groups in total. The Morgan fingerprint density at radius 3 is 2.48 bits per heavy atom. The smallest absolute Gasteiger partial charge is 0.162 e. The number of hydrogen-bond donors (Lipinski definition) is 1. The van der Waals surface area contributed by atoms with Crippen molar-refractivity contribution < 1.29 is 9.47 Å². The second-order valence-corrected chi connectivity index (χ2v) is 8.58. The number of aryl methyl sites for hydroxylation is 1. The fourth-order valence-electron chi connectivity index (χ4n) is 3.53. The van der Waals surface area contributed by atoms with Crippen LogP contribution in [0.15, 0.2) is 36.4 Å². The summed E-state index contributed by atoms with van der Waals surface area (Å²) in [4.78, 5) is 1.24. The number of methoxy groups -OCH3 is 2. The van der Waals surface area contributed by atoms with Crippen molar-refractivity contribution in [1.29, 1.82) is 0 Å². The lowest BCUT2D eigenvalue weighted by atomic mass is 9.89. The van der Waals surface area contributed by atoms with Gasteiger partial charge in [-0.15, -0.1) is 0 Å². The molecule has 4 rings (SSSR count). The summed E-state index contributed by atoms with van der Waals surface area (Å²) in [5.41, 5.74) is 5.44. The molecule has 140 valence electrons. The number of benzene rings is 2. The molecule has 4 nitrogen and oxygen atoms in total. The lowest BCUT2D eigenvalue weighted by Gasteiger charge is -2.33. The van der Waals surface area contributed by atoms with Crippen LogP contribution in [0.4, 0.5) is 5.69 Å². The van der Waals surface area contributed by atoms with Crippen LogP contribution >= 0.6 is 23.8 Å². The SMILES string of the molecule is COc1ccc(-n2sc3c(c2=S)-c2cc(C)ccc2NC3(C)C)cc1OC. The molecule has 0 fully saturated rings. The van der Waals surface area contributed by atoms with E-state index in [1.807, 2.05) is 18.2 Å². The Morgan fingerprint density at radius 1 is 1.04 bits per heavy atom. The Bertz CT molecular complexity index is 1100. The number of nitrogens with zero attached hydrogens (tertiary/aromatic N) is 1. The molecular weight excluding hydrogens is 376 g/mol. The summed E-state index contributed by atoms with van der Waals surface area (Å²) in [6.07, 6.45) is 0. The highest BCUT2D eigenvalue weighted by Gasteiger charge is 2.34. The van der Waals surface area contributed by atoms with Gasteiger partial charge >= 0.3 is 0 Å². The van der Waals surface area contributed by atoms with E-state index in [1.165, 1.54) is 16.0 Å². The standard InChI is InChI=1S/C21H22N2O2S2/c1-12-6-8-15-14(10-12)18-19(21(2,3)22-15)27-23(20(18)26)13-7-9-16(24-4)17(11-13)25-5/h6-11,22H,1-5H3. The first kappa shape index (κ1) is 18.1. The maximum atomic E-state index is 5.93. The summed E-state index contributed by atoms with van der Waals surface area (Å²) in [6, 6.07) is 12.4. The zero-order chi connectivity index (χ0) is 19.3. The van der Waals surface area contributed by atoms with Crippen LogP contribution in [0.2, 0.25) is 0 Å². The summed E-state index contributed by atoms with van der Waals surface area (Å²) in [6.45, 7) is 6.50. The van der Waals surface area contributed by atoms with Crippen LogP contribution in [0.25, 0.3) is 16.8 Å². The third-order valence-corrected chi connectivity index (χ3v) is 6.84. The van der Waals surface area contributed by atoms with Crippen molar-refractivity contribution in [3.63, 3.8) is 0 Å². The summed E-state index contributed by atoms with van der Waals surface area (Å²) >= 11 is 7.61. The number of ether oxygens (including phenoxy) is 2. The summed E-state index contributed by atoms with van der Waals surface area (Å²) in [5.74, 6) is 1.40. The molecule has 3 aromatic rings. The van der Waals surface area contributed by atoms with E-state index in [4.69, 9.17) is 21.7 Å². The Hall–Kier alpha value is -2.31. The third-order valence-electron chi connectivity index (χ3n) is 4.87. The molecule has 27 heavy (non-hydrogen) atoms. The number of aromatic nitrogens is 1. The second-order valence-electron chi connectivity index (χ2n) is 7.23. The molecule has 2 aromatic carbocycles. The number of anilines is 1. The van der Waals surface area contributed by atoms with Crippen molar-refractivity contribution in [2.24, 2.45) is 0 Å². The monoisotopic (exact) mass is 398 g/mol. The molecule has 0 spiro atoms. The van der Waals surface area contributed by atoms with E-state index < -0.39 is 0 Å². The van der Waals surface area contributed by atoms with Gasteiger partial charge in [-0.3, -0.25) is 3.96 Å². The second kappa shape index (κ2) is 6.39. The van der Waals surface area contributed by atoms with Crippen molar-refractivity contribution in [2.75, 3.05) is 19.5 Å². The zero-order valence-corrected chi connectivity index (χ0v) is 17.7. The molecule has 6 heteroatoms. The fraction of sp³-hybridized carbons (Fsp3) is 0.286. The fourth-order valence-corrected chi connectivity index (χ4v) is 5.18. The van der Waals surface area contributed by atoms with Gasteiger partial charge in [0.2, 0.25) is 0 Å². The Labute approximate surface area is 168 Å². The minimum Gasteiger partial charge on any atom is -0.493 e. The predicted molar refractivity (Wildman–Crippen MR) is 114 cm³/mol. The van der Waals surface area contributed by atoms with Crippen molar-refractivity contribution in [2.45, 2.75) is 26.3 Å². The molecule has 0 saturated heterocycles. The average Bonchev–Trinajstić information content (AvgIpc) is 3.00. The molecule has 1 aromatic heterocycles. The van der Waals surface area contributed by atoms with E-state index in [1.54, 1.807) is 25.8 Å². The van der Waals surface area contributed by atoms with Gasteiger partial charge in [0.05, 0.1) is 30.3 Å². The van der Waals surface area contributed by atoms with E-state index in [9.17, 15) is 0 Å². The topological polar surface area (TPSA) is 35.4 Å². The summed E-state index contributed by atoms with van der Waals surface area (Å²) < 4.78 is 13.8. The first-order valence-corrected chi connectivity index (χ1v) is 9.92. The van der Waals surface area contributed by atoms with Crippen LogP contribution < -0.4 is 14.8 Å². The molecule has 0 radical (unpaired) electrons. The van der Waals surface area contributed by atoms with E-state index in [0.717, 1.165) is 21.6 Å². The highest BCUT2D eigenvalue weighted by molar-refractivity contribution is 7.71. The van der Waals surface area contributed by atoms with E-state index >= 15 is 0 Å². The predicted octanol–water partition coefficient (Wildman–Crippen LogP) is 5.92. The first-order valence-electron chi connectivity index (χ1n) is 8.74. The zero-order valence-electron chi connectivity index (χ0n) is 16.0. The summed E-state index contributed by atoms with van der Waals surface area (Å²) in [5, 5.41) is 3.66. The molecule has 1 aliphatic heterocycles. The Balaban J connectivity index is 1.97. The van der Waals surface area contributed by atoms with Crippen molar-refractivity contribution in [3.05, 3.63) is 51.5 Å². The van der Waals surface area contributed by atoms with Crippen molar-refractivity contribution in [1.82, 2.24) is 3.96 Å². The van der Waals surface area contributed by atoms with Gasteiger partial charge in [0.15, 0.2) is 11.5 Å². The maximum Gasteiger partial charge on any atom is 0.162 e. The molecular formula is C21H22N2O2S2. The molecule has 0 unspecified atom stereocenters. The average molecular weight is 399 g/mol. The van der Waals surface area contributed by atoms with Gasteiger partial charge in [-0.2, -0.15) is 0 Å². The van der Waals surface area contributed by atoms with Gasteiger partial charge in [-0.05, 0) is 45.0 Å². The highest BCUT2D eigenvalue weighted by atomic mass is 32.1. The maximum absolute atomic E-state index is 5.93. The van der Waals surface area contributed by atoms with Gasteiger partial charge in [-0.1, -0.05) is 35.4 Å². The normalized spacial score (nSPS) is 14.1. The minimum absolute atomic E-state index is 0.197. The number of hydrogen-bond acceptors (Lipinski definition) is 5. The lowest BCUT2D eigenvalue weighted by molar-refractivity contribution is 0.355. The van der Waals surface area contributed by atoms with Crippen LogP contribution in [0, 0.1) is 11.6 Å².